The maximum absolute atomic E-state index is 12.7. The van der Waals surface area contributed by atoms with E-state index in [2.05, 4.69) is 18.6 Å². The fourth-order valence-electron chi connectivity index (χ4n) is 2.66. The van der Waals surface area contributed by atoms with Gasteiger partial charge in [0.05, 0.1) is 26.2 Å². The van der Waals surface area contributed by atoms with Gasteiger partial charge in [-0.05, 0) is 23.6 Å². The summed E-state index contributed by atoms with van der Waals surface area (Å²) < 4.78 is 10.3. The minimum Gasteiger partial charge on any atom is -0.469 e. The van der Waals surface area contributed by atoms with E-state index in [9.17, 15) is 9.59 Å². The molecule has 1 aromatic carbocycles. The second kappa shape index (κ2) is 7.79. The minimum absolute atomic E-state index is 0.0583. The Labute approximate surface area is 141 Å². The van der Waals surface area contributed by atoms with Crippen molar-refractivity contribution < 1.29 is 19.1 Å². The Balaban J connectivity index is 2.21. The van der Waals surface area contributed by atoms with E-state index >= 15 is 0 Å². The first-order valence-electron chi connectivity index (χ1n) is 7.66. The molecule has 2 atom stereocenters. The predicted octanol–water partition coefficient (Wildman–Crippen LogP) is 2.83. The molecule has 1 heterocycles. The summed E-state index contributed by atoms with van der Waals surface area (Å²) in [6.07, 6.45) is -0.832. The molecule has 0 radical (unpaired) electrons. The van der Waals surface area contributed by atoms with Gasteiger partial charge in [-0.3, -0.25) is 9.59 Å². The lowest BCUT2D eigenvalue weighted by Crippen LogP contribution is -2.51. The molecule has 126 valence electrons. The number of ether oxygens (including phenoxy) is 2. The lowest BCUT2D eigenvalue weighted by atomic mass is 10.0. The molecule has 5 nitrogen and oxygen atoms in total. The fraction of sp³-hybridized carbons (Fsp3) is 0.529. The molecule has 0 N–H and O–H groups in total. The summed E-state index contributed by atoms with van der Waals surface area (Å²) in [5.74, 6) is -0.307. The fourth-order valence-corrected chi connectivity index (χ4v) is 2.79. The Hall–Kier alpha value is -1.59. The van der Waals surface area contributed by atoms with Crippen molar-refractivity contribution in [1.82, 2.24) is 4.90 Å². The molecule has 0 bridgehead atoms. The SMILES string of the molecule is COC(=O)CC1OCC(c2ccc(Cl)cc2)N(CC(C)C)C1=O. The second-order valence-corrected chi connectivity index (χ2v) is 6.49. The van der Waals surface area contributed by atoms with Crippen LogP contribution < -0.4 is 0 Å². The van der Waals surface area contributed by atoms with Crippen LogP contribution in [-0.2, 0) is 19.1 Å². The van der Waals surface area contributed by atoms with Crippen LogP contribution in [0.4, 0.5) is 0 Å². The van der Waals surface area contributed by atoms with Crippen molar-refractivity contribution in [1.29, 1.82) is 0 Å². The molecule has 0 saturated carbocycles. The molecule has 2 unspecified atom stereocenters. The number of methoxy groups -OCH3 is 1. The lowest BCUT2D eigenvalue weighted by molar-refractivity contribution is -0.167. The average molecular weight is 340 g/mol. The van der Waals surface area contributed by atoms with Crippen LogP contribution in [-0.4, -0.2) is 43.1 Å². The summed E-state index contributed by atoms with van der Waals surface area (Å²) in [5, 5.41) is 0.649. The standard InChI is InChI=1S/C17H22ClNO4/c1-11(2)9-19-14(12-4-6-13(18)7-5-12)10-23-15(17(19)21)8-16(20)22-3/h4-7,11,14-15H,8-10H2,1-3H3. The van der Waals surface area contributed by atoms with E-state index in [4.69, 9.17) is 16.3 Å². The number of amides is 1. The first-order valence-corrected chi connectivity index (χ1v) is 8.04. The van der Waals surface area contributed by atoms with Crippen molar-refractivity contribution in [2.45, 2.75) is 32.4 Å². The Morgan fingerprint density at radius 1 is 1.39 bits per heavy atom. The van der Waals surface area contributed by atoms with Crippen LogP contribution in [0.3, 0.4) is 0 Å². The smallest absolute Gasteiger partial charge is 0.308 e. The van der Waals surface area contributed by atoms with E-state index in [1.807, 2.05) is 12.1 Å². The van der Waals surface area contributed by atoms with E-state index in [1.54, 1.807) is 17.0 Å². The molecule has 2 rings (SSSR count). The van der Waals surface area contributed by atoms with Crippen LogP contribution in [0.1, 0.15) is 31.9 Å². The van der Waals surface area contributed by atoms with Gasteiger partial charge in [0.2, 0.25) is 0 Å². The van der Waals surface area contributed by atoms with Gasteiger partial charge in [-0.15, -0.1) is 0 Å². The van der Waals surface area contributed by atoms with Crippen LogP contribution in [0.2, 0.25) is 5.02 Å². The van der Waals surface area contributed by atoms with Crippen LogP contribution >= 0.6 is 11.6 Å². The number of morpholine rings is 1. The van der Waals surface area contributed by atoms with Gasteiger partial charge in [0.15, 0.2) is 0 Å². The Kier molecular flexibility index (Phi) is 6.02. The first-order chi connectivity index (χ1) is 10.9. The Morgan fingerprint density at radius 2 is 2.04 bits per heavy atom. The van der Waals surface area contributed by atoms with Gasteiger partial charge in [-0.25, -0.2) is 0 Å². The summed E-state index contributed by atoms with van der Waals surface area (Å²) >= 11 is 5.93. The molecule has 6 heteroatoms. The van der Waals surface area contributed by atoms with Gasteiger partial charge >= 0.3 is 5.97 Å². The van der Waals surface area contributed by atoms with Crippen molar-refractivity contribution in [3.63, 3.8) is 0 Å². The second-order valence-electron chi connectivity index (χ2n) is 6.05. The third-order valence-electron chi connectivity index (χ3n) is 3.79. The molecule has 0 aromatic heterocycles. The van der Waals surface area contributed by atoms with Gasteiger partial charge in [0.1, 0.15) is 6.10 Å². The van der Waals surface area contributed by atoms with Gasteiger partial charge in [-0.1, -0.05) is 37.6 Å². The van der Waals surface area contributed by atoms with E-state index < -0.39 is 12.1 Å². The van der Waals surface area contributed by atoms with Gasteiger partial charge < -0.3 is 14.4 Å². The number of carbonyl (C=O) groups is 2. The highest BCUT2D eigenvalue weighted by molar-refractivity contribution is 6.30. The Morgan fingerprint density at radius 3 is 2.61 bits per heavy atom. The van der Waals surface area contributed by atoms with Gasteiger partial charge in [0, 0.05) is 11.6 Å². The molecule has 1 amide bonds. The van der Waals surface area contributed by atoms with Gasteiger partial charge in [-0.2, -0.15) is 0 Å². The predicted molar refractivity (Wildman–Crippen MR) is 87.1 cm³/mol. The highest BCUT2D eigenvalue weighted by Crippen LogP contribution is 2.29. The third kappa shape index (κ3) is 4.45. The molecule has 0 aliphatic carbocycles. The summed E-state index contributed by atoms with van der Waals surface area (Å²) in [6, 6.07) is 7.23. The number of benzene rings is 1. The molecule has 23 heavy (non-hydrogen) atoms. The van der Waals surface area contributed by atoms with Crippen molar-refractivity contribution in [3.8, 4) is 0 Å². The summed E-state index contributed by atoms with van der Waals surface area (Å²) in [6.45, 7) is 5.06. The number of rotatable bonds is 5. The highest BCUT2D eigenvalue weighted by atomic mass is 35.5. The molecular formula is C17H22ClNO4. The van der Waals surface area contributed by atoms with E-state index in [1.165, 1.54) is 7.11 Å². The first kappa shape index (κ1) is 17.8. The summed E-state index contributed by atoms with van der Waals surface area (Å²) in [4.78, 5) is 26.0. The van der Waals surface area contributed by atoms with Crippen molar-refractivity contribution in [3.05, 3.63) is 34.9 Å². The van der Waals surface area contributed by atoms with E-state index in [0.29, 0.717) is 24.1 Å². The number of nitrogens with zero attached hydrogens (tertiary/aromatic N) is 1. The quantitative estimate of drug-likeness (QED) is 0.774. The largest absolute Gasteiger partial charge is 0.469 e. The normalized spacial score (nSPS) is 21.6. The zero-order valence-electron chi connectivity index (χ0n) is 13.6. The molecule has 1 aromatic rings. The maximum Gasteiger partial charge on any atom is 0.308 e. The monoisotopic (exact) mass is 339 g/mol. The maximum atomic E-state index is 12.7. The van der Waals surface area contributed by atoms with Gasteiger partial charge in [0.25, 0.3) is 5.91 Å². The van der Waals surface area contributed by atoms with Crippen LogP contribution in [0.5, 0.6) is 0 Å². The number of hydrogen-bond donors (Lipinski definition) is 0. The zero-order valence-corrected chi connectivity index (χ0v) is 14.4. The van der Waals surface area contributed by atoms with Crippen molar-refractivity contribution >= 4 is 23.5 Å². The summed E-state index contributed by atoms with van der Waals surface area (Å²) in [5.41, 5.74) is 0.972. The van der Waals surface area contributed by atoms with Crippen molar-refractivity contribution in [2.24, 2.45) is 5.92 Å². The molecule has 1 saturated heterocycles. The zero-order chi connectivity index (χ0) is 17.0. The minimum atomic E-state index is -0.773. The molecule has 1 aliphatic heterocycles. The number of esters is 1. The average Bonchev–Trinajstić information content (AvgIpc) is 2.52. The number of hydrogen-bond acceptors (Lipinski definition) is 4. The van der Waals surface area contributed by atoms with Crippen LogP contribution in [0, 0.1) is 5.92 Å². The topological polar surface area (TPSA) is 55.8 Å². The number of halogens is 1. The number of carbonyl (C=O) groups excluding carboxylic acids is 2. The lowest BCUT2D eigenvalue weighted by Gasteiger charge is -2.40. The van der Waals surface area contributed by atoms with E-state index in [0.717, 1.165) is 5.56 Å². The van der Waals surface area contributed by atoms with E-state index in [-0.39, 0.29) is 18.4 Å². The Bertz CT molecular complexity index is 558. The van der Waals surface area contributed by atoms with Crippen LogP contribution in [0.25, 0.3) is 0 Å². The van der Waals surface area contributed by atoms with Crippen LogP contribution in [0.15, 0.2) is 24.3 Å². The third-order valence-corrected chi connectivity index (χ3v) is 4.04. The highest BCUT2D eigenvalue weighted by Gasteiger charge is 2.38. The molecule has 1 fully saturated rings. The molecular weight excluding hydrogens is 318 g/mol. The van der Waals surface area contributed by atoms with Crippen molar-refractivity contribution in [2.75, 3.05) is 20.3 Å². The molecule has 0 spiro atoms. The molecule has 1 aliphatic rings. The summed E-state index contributed by atoms with van der Waals surface area (Å²) in [7, 11) is 1.30.